The Balaban J connectivity index is 1.61. The second-order valence-electron chi connectivity index (χ2n) is 7.81. The van der Waals surface area contributed by atoms with Gasteiger partial charge in [-0.2, -0.15) is 0 Å². The number of allylic oxidation sites excluding steroid dienone is 1. The molecule has 0 amide bonds. The monoisotopic (exact) mass is 442 g/mol. The molecule has 0 heterocycles. The number of hydrogen-bond acceptors (Lipinski definition) is 4. The van der Waals surface area contributed by atoms with Crippen molar-refractivity contribution in [1.82, 2.24) is 5.32 Å². The number of nitrogens with one attached hydrogen (secondary N) is 2. The Kier molecular flexibility index (Phi) is 6.97. The molecule has 0 saturated heterocycles. The first kappa shape index (κ1) is 21.8. The molecule has 4 nitrogen and oxygen atoms in total. The van der Waals surface area contributed by atoms with E-state index in [0.717, 1.165) is 34.7 Å². The normalized spacial score (nSPS) is 15.9. The highest BCUT2D eigenvalue weighted by molar-refractivity contribution is 7.81. The highest BCUT2D eigenvalue weighted by Gasteiger charge is 2.31. The van der Waals surface area contributed by atoms with E-state index in [1.54, 1.807) is 7.11 Å². The number of rotatable bonds is 7. The van der Waals surface area contributed by atoms with Gasteiger partial charge in [0.05, 0.1) is 12.7 Å². The fourth-order valence-corrected chi connectivity index (χ4v) is 4.33. The molecule has 4 rings (SSSR count). The van der Waals surface area contributed by atoms with Gasteiger partial charge in [-0.1, -0.05) is 72.9 Å². The minimum atomic E-state index is 0.0565. The van der Waals surface area contributed by atoms with Crippen molar-refractivity contribution in [3.63, 3.8) is 0 Å². The van der Waals surface area contributed by atoms with E-state index in [9.17, 15) is 4.79 Å². The molecular formula is C27H26N2O2S. The first-order valence-electron chi connectivity index (χ1n) is 10.7. The van der Waals surface area contributed by atoms with Crippen molar-refractivity contribution in [3.8, 4) is 5.75 Å². The van der Waals surface area contributed by atoms with Gasteiger partial charge in [0.2, 0.25) is 0 Å². The molecule has 3 aromatic rings. The molecule has 32 heavy (non-hydrogen) atoms. The van der Waals surface area contributed by atoms with E-state index in [0.29, 0.717) is 23.5 Å². The lowest BCUT2D eigenvalue weighted by Gasteiger charge is -2.28. The van der Waals surface area contributed by atoms with Crippen molar-refractivity contribution >= 4 is 28.7 Å². The van der Waals surface area contributed by atoms with E-state index >= 15 is 0 Å². The lowest BCUT2D eigenvalue weighted by Crippen LogP contribution is -2.31. The van der Waals surface area contributed by atoms with Crippen LogP contribution in [0.4, 0.5) is 5.69 Å². The summed E-state index contributed by atoms with van der Waals surface area (Å²) >= 11 is 5.68. The minimum absolute atomic E-state index is 0.0565. The molecule has 0 spiro atoms. The van der Waals surface area contributed by atoms with Crippen LogP contribution < -0.4 is 15.4 Å². The van der Waals surface area contributed by atoms with Crippen molar-refractivity contribution < 1.29 is 9.53 Å². The van der Waals surface area contributed by atoms with Crippen molar-refractivity contribution in [2.24, 2.45) is 0 Å². The van der Waals surface area contributed by atoms with Crippen molar-refractivity contribution in [3.05, 3.63) is 107 Å². The van der Waals surface area contributed by atoms with Crippen LogP contribution in [0.2, 0.25) is 0 Å². The number of benzene rings is 3. The van der Waals surface area contributed by atoms with E-state index < -0.39 is 0 Å². The lowest BCUT2D eigenvalue weighted by atomic mass is 9.81. The molecule has 0 aromatic heterocycles. The van der Waals surface area contributed by atoms with Gasteiger partial charge in [0.25, 0.3) is 0 Å². The molecule has 0 fully saturated rings. The summed E-state index contributed by atoms with van der Waals surface area (Å²) in [6.07, 6.45) is 1.14. The second-order valence-corrected chi connectivity index (χ2v) is 8.22. The summed E-state index contributed by atoms with van der Waals surface area (Å²) in [6, 6.07) is 27.8. The zero-order chi connectivity index (χ0) is 22.3. The number of ether oxygens (including phenoxy) is 1. The molecule has 1 aliphatic carbocycles. The predicted octanol–water partition coefficient (Wildman–Crippen LogP) is 5.63. The van der Waals surface area contributed by atoms with Crippen LogP contribution in [0, 0.1) is 0 Å². The number of para-hydroxylation sites is 1. The van der Waals surface area contributed by atoms with Crippen LogP contribution in [-0.2, 0) is 11.3 Å². The number of carbonyl (C=O) groups is 1. The Morgan fingerprint density at radius 3 is 2.25 bits per heavy atom. The molecule has 0 bridgehead atoms. The van der Waals surface area contributed by atoms with Crippen LogP contribution in [0.3, 0.4) is 0 Å². The van der Waals surface area contributed by atoms with Gasteiger partial charge in [-0.05, 0) is 47.7 Å². The quantitative estimate of drug-likeness (QED) is 0.465. The third-order valence-corrected chi connectivity index (χ3v) is 5.96. The van der Waals surface area contributed by atoms with Crippen molar-refractivity contribution in [2.45, 2.75) is 25.3 Å². The maximum absolute atomic E-state index is 13.3. The van der Waals surface area contributed by atoms with Gasteiger partial charge in [-0.3, -0.25) is 4.79 Å². The maximum Gasteiger partial charge on any atom is 0.168 e. The summed E-state index contributed by atoms with van der Waals surface area (Å²) < 4.78 is 5.28. The van der Waals surface area contributed by atoms with E-state index in [4.69, 9.17) is 17.0 Å². The fraction of sp³-hybridized carbons (Fsp3) is 0.185. The minimum Gasteiger partial charge on any atom is -0.497 e. The van der Waals surface area contributed by atoms with Crippen LogP contribution in [0.1, 0.15) is 29.9 Å². The summed E-state index contributed by atoms with van der Waals surface area (Å²) in [5.74, 6) is 0.957. The molecule has 0 radical (unpaired) electrons. The topological polar surface area (TPSA) is 50.4 Å². The van der Waals surface area contributed by atoms with E-state index in [1.807, 2.05) is 72.8 Å². The Morgan fingerprint density at radius 1 is 0.938 bits per heavy atom. The molecule has 5 heteroatoms. The third-order valence-electron chi connectivity index (χ3n) is 5.66. The van der Waals surface area contributed by atoms with Gasteiger partial charge in [0, 0.05) is 24.4 Å². The fourth-order valence-electron chi connectivity index (χ4n) is 3.97. The van der Waals surface area contributed by atoms with Crippen molar-refractivity contribution in [2.75, 3.05) is 12.4 Å². The van der Waals surface area contributed by atoms with Gasteiger partial charge >= 0.3 is 0 Å². The van der Waals surface area contributed by atoms with Crippen molar-refractivity contribution in [1.29, 1.82) is 0 Å². The number of ketones is 1. The predicted molar refractivity (Wildman–Crippen MR) is 133 cm³/mol. The highest BCUT2D eigenvalue weighted by Crippen LogP contribution is 2.35. The molecule has 3 aromatic carbocycles. The molecule has 0 saturated carbocycles. The van der Waals surface area contributed by atoms with Gasteiger partial charge in [0.1, 0.15) is 10.7 Å². The van der Waals surface area contributed by atoms with Gasteiger partial charge in [0.15, 0.2) is 5.78 Å². The third kappa shape index (κ3) is 5.24. The lowest BCUT2D eigenvalue weighted by molar-refractivity contribution is -0.115. The van der Waals surface area contributed by atoms with Gasteiger partial charge in [-0.15, -0.1) is 0 Å². The Labute approximate surface area is 194 Å². The van der Waals surface area contributed by atoms with Crippen LogP contribution in [0.25, 0.3) is 0 Å². The Hall–Kier alpha value is -3.44. The molecule has 162 valence electrons. The van der Waals surface area contributed by atoms with Crippen LogP contribution in [0.15, 0.2) is 96.2 Å². The number of carbonyl (C=O) groups excluding carboxylic acids is 1. The number of Topliss-reactive ketones (excluding diaryl/α,β-unsaturated/α-hetero) is 1. The average Bonchev–Trinajstić information content (AvgIpc) is 2.83. The molecular weight excluding hydrogens is 416 g/mol. The molecule has 0 aliphatic heterocycles. The smallest absolute Gasteiger partial charge is 0.168 e. The summed E-state index contributed by atoms with van der Waals surface area (Å²) in [6.45, 7) is 0.635. The van der Waals surface area contributed by atoms with E-state index in [1.165, 1.54) is 0 Å². The summed E-state index contributed by atoms with van der Waals surface area (Å²) in [7, 11) is 1.65. The maximum atomic E-state index is 13.3. The zero-order valence-corrected chi connectivity index (χ0v) is 18.8. The number of anilines is 1. The Bertz CT molecular complexity index is 1110. The van der Waals surface area contributed by atoms with Gasteiger partial charge < -0.3 is 15.4 Å². The highest BCUT2D eigenvalue weighted by atomic mass is 32.1. The number of methoxy groups -OCH3 is 1. The van der Waals surface area contributed by atoms with Crippen LogP contribution >= 0.6 is 12.2 Å². The largest absolute Gasteiger partial charge is 0.497 e. The first-order valence-corrected chi connectivity index (χ1v) is 11.1. The van der Waals surface area contributed by atoms with Gasteiger partial charge in [-0.25, -0.2) is 0 Å². The summed E-state index contributed by atoms with van der Waals surface area (Å²) in [4.78, 5) is 13.8. The summed E-state index contributed by atoms with van der Waals surface area (Å²) in [5.41, 5.74) is 4.63. The molecule has 1 aliphatic rings. The average molecular weight is 443 g/mol. The molecule has 2 N–H and O–H groups in total. The Morgan fingerprint density at radius 2 is 1.59 bits per heavy atom. The van der Waals surface area contributed by atoms with Crippen LogP contribution in [0.5, 0.6) is 5.75 Å². The number of thiocarbonyl (C=S) groups is 1. The summed E-state index contributed by atoms with van der Waals surface area (Å²) in [5, 5.41) is 6.75. The van der Waals surface area contributed by atoms with Crippen LogP contribution in [-0.4, -0.2) is 17.9 Å². The van der Waals surface area contributed by atoms with E-state index in [2.05, 4.69) is 22.8 Å². The molecule has 0 unspecified atom stereocenters. The molecule has 1 atom stereocenters. The number of hydrogen-bond donors (Lipinski definition) is 2. The standard InChI is InChI=1S/C27H26N2O2S/c1-31-23-14-12-20(13-15-23)21-16-24(28-18-19-8-4-2-5-9-19)26(25(30)17-21)27(32)29-22-10-6-3-7-11-22/h2-15,21,28H,16-18H2,1H3,(H,29,32)/t21-/m1/s1. The first-order chi connectivity index (χ1) is 15.6. The SMILES string of the molecule is COc1ccc([C@H]2CC(=O)C(C(=S)Nc3ccccc3)=C(NCc3ccccc3)C2)cc1. The second kappa shape index (κ2) is 10.2. The van der Waals surface area contributed by atoms with E-state index in [-0.39, 0.29) is 11.7 Å². The zero-order valence-electron chi connectivity index (χ0n) is 18.0.